The number of ether oxygens (including phenoxy) is 1. The summed E-state index contributed by atoms with van der Waals surface area (Å²) in [5.74, 6) is 2.11. The summed E-state index contributed by atoms with van der Waals surface area (Å²) in [7, 11) is 0. The highest BCUT2D eigenvalue weighted by molar-refractivity contribution is 7.18. The molecule has 2 aromatic rings. The van der Waals surface area contributed by atoms with E-state index in [9.17, 15) is 4.79 Å². The van der Waals surface area contributed by atoms with Crippen molar-refractivity contribution >= 4 is 27.5 Å². The van der Waals surface area contributed by atoms with Crippen molar-refractivity contribution in [2.24, 2.45) is 0 Å². The standard InChI is InChI=1S/C13H12N2O2S/c1-2-7-14-12(16)8-17-9-13-15-10-5-3-4-6-11(10)18-13/h1,3-6H,7-9H2,(H,14,16). The SMILES string of the molecule is C#CCNC(=O)COCc1nc2ccccc2s1. The number of rotatable bonds is 5. The van der Waals surface area contributed by atoms with E-state index in [1.165, 1.54) is 0 Å². The molecule has 0 bridgehead atoms. The molecule has 1 heterocycles. The first-order valence-electron chi connectivity index (χ1n) is 5.42. The van der Waals surface area contributed by atoms with Gasteiger partial charge in [-0.1, -0.05) is 18.1 Å². The largest absolute Gasteiger partial charge is 0.364 e. The monoisotopic (exact) mass is 260 g/mol. The van der Waals surface area contributed by atoms with E-state index >= 15 is 0 Å². The number of para-hydroxylation sites is 1. The Bertz CT molecular complexity index is 553. The van der Waals surface area contributed by atoms with Crippen LogP contribution >= 0.6 is 11.3 Å². The van der Waals surface area contributed by atoms with E-state index in [-0.39, 0.29) is 19.1 Å². The molecule has 1 aromatic heterocycles. The van der Waals surface area contributed by atoms with Crippen molar-refractivity contribution in [1.82, 2.24) is 10.3 Å². The molecule has 0 atom stereocenters. The molecule has 0 aliphatic rings. The van der Waals surface area contributed by atoms with Crippen LogP contribution in [0.5, 0.6) is 0 Å². The fourth-order valence-corrected chi connectivity index (χ4v) is 2.32. The fraction of sp³-hybridized carbons (Fsp3) is 0.231. The second-order valence-electron chi connectivity index (χ2n) is 3.55. The van der Waals surface area contributed by atoms with Crippen molar-refractivity contribution in [1.29, 1.82) is 0 Å². The molecule has 0 aliphatic heterocycles. The van der Waals surface area contributed by atoms with Gasteiger partial charge >= 0.3 is 0 Å². The first-order chi connectivity index (χ1) is 8.79. The number of terminal acetylenes is 1. The van der Waals surface area contributed by atoms with Gasteiger partial charge in [-0.3, -0.25) is 4.79 Å². The Morgan fingerprint density at radius 2 is 2.33 bits per heavy atom. The third kappa shape index (κ3) is 3.29. The van der Waals surface area contributed by atoms with Crippen LogP contribution in [-0.2, 0) is 16.1 Å². The predicted molar refractivity (Wildman–Crippen MR) is 71.1 cm³/mol. The molecule has 0 radical (unpaired) electrons. The summed E-state index contributed by atoms with van der Waals surface area (Å²) in [5, 5.41) is 3.39. The van der Waals surface area contributed by atoms with Crippen molar-refractivity contribution in [3.05, 3.63) is 29.3 Å². The van der Waals surface area contributed by atoms with Crippen molar-refractivity contribution in [3.63, 3.8) is 0 Å². The van der Waals surface area contributed by atoms with Crippen LogP contribution in [0.25, 0.3) is 10.2 Å². The third-order valence-corrected chi connectivity index (χ3v) is 3.19. The van der Waals surface area contributed by atoms with Crippen molar-refractivity contribution < 1.29 is 9.53 Å². The quantitative estimate of drug-likeness (QED) is 0.830. The number of nitrogens with one attached hydrogen (secondary N) is 1. The Hall–Kier alpha value is -1.90. The second-order valence-corrected chi connectivity index (χ2v) is 4.66. The molecule has 18 heavy (non-hydrogen) atoms. The molecule has 1 amide bonds. The maximum atomic E-state index is 11.2. The normalized spacial score (nSPS) is 10.2. The Morgan fingerprint density at radius 3 is 3.11 bits per heavy atom. The van der Waals surface area contributed by atoms with Gasteiger partial charge in [-0.25, -0.2) is 4.98 Å². The van der Waals surface area contributed by atoms with E-state index in [1.54, 1.807) is 11.3 Å². The molecule has 0 spiro atoms. The molecular formula is C13H12N2O2S. The highest BCUT2D eigenvalue weighted by Gasteiger charge is 2.04. The van der Waals surface area contributed by atoms with Gasteiger partial charge in [0, 0.05) is 0 Å². The van der Waals surface area contributed by atoms with Crippen LogP contribution in [0.3, 0.4) is 0 Å². The lowest BCUT2D eigenvalue weighted by Crippen LogP contribution is -2.27. The molecule has 5 heteroatoms. The van der Waals surface area contributed by atoms with Gasteiger partial charge in [0.05, 0.1) is 23.4 Å². The van der Waals surface area contributed by atoms with Gasteiger partial charge in [0.15, 0.2) is 0 Å². The summed E-state index contributed by atoms with van der Waals surface area (Å²) >= 11 is 1.57. The molecule has 0 saturated carbocycles. The minimum absolute atomic E-state index is 0.00238. The number of nitrogens with zero attached hydrogens (tertiary/aromatic N) is 1. The molecule has 4 nitrogen and oxygen atoms in total. The minimum Gasteiger partial charge on any atom is -0.364 e. The highest BCUT2D eigenvalue weighted by Crippen LogP contribution is 2.21. The second kappa shape index (κ2) is 6.15. The molecule has 1 aromatic carbocycles. The number of carbonyl (C=O) groups is 1. The van der Waals surface area contributed by atoms with Crippen LogP contribution in [-0.4, -0.2) is 24.0 Å². The number of carbonyl (C=O) groups excluding carboxylic acids is 1. The lowest BCUT2D eigenvalue weighted by Gasteiger charge is -2.01. The predicted octanol–water partition coefficient (Wildman–Crippen LogP) is 1.56. The third-order valence-electron chi connectivity index (χ3n) is 2.18. The van der Waals surface area contributed by atoms with Gasteiger partial charge in [0.25, 0.3) is 0 Å². The van der Waals surface area contributed by atoms with Gasteiger partial charge < -0.3 is 10.1 Å². The summed E-state index contributed by atoms with van der Waals surface area (Å²) in [6.07, 6.45) is 5.03. The Morgan fingerprint density at radius 1 is 1.50 bits per heavy atom. The first kappa shape index (κ1) is 12.6. The Kier molecular flexibility index (Phi) is 4.29. The molecule has 0 unspecified atom stereocenters. The van der Waals surface area contributed by atoms with Gasteiger partial charge in [-0.2, -0.15) is 0 Å². The van der Waals surface area contributed by atoms with Gasteiger partial charge in [-0.15, -0.1) is 17.8 Å². The molecule has 92 valence electrons. The number of hydrogen-bond acceptors (Lipinski definition) is 4. The molecule has 0 fully saturated rings. The Labute approximate surface area is 109 Å². The van der Waals surface area contributed by atoms with Crippen molar-refractivity contribution in [3.8, 4) is 12.3 Å². The van der Waals surface area contributed by atoms with Crippen LogP contribution in [0.1, 0.15) is 5.01 Å². The number of fused-ring (bicyclic) bond motifs is 1. The van der Waals surface area contributed by atoms with Gasteiger partial charge in [0.2, 0.25) is 5.91 Å². The van der Waals surface area contributed by atoms with Crippen molar-refractivity contribution in [2.75, 3.05) is 13.2 Å². The van der Waals surface area contributed by atoms with E-state index in [0.717, 1.165) is 15.2 Å². The van der Waals surface area contributed by atoms with Gasteiger partial charge in [0.1, 0.15) is 11.6 Å². The number of amides is 1. The van der Waals surface area contributed by atoms with Gasteiger partial charge in [-0.05, 0) is 12.1 Å². The summed E-state index contributed by atoms with van der Waals surface area (Å²) in [6.45, 7) is 0.559. The molecule has 2 rings (SSSR count). The van der Waals surface area contributed by atoms with Crippen LogP contribution in [0.4, 0.5) is 0 Å². The molecule has 1 N–H and O–H groups in total. The molecule has 0 saturated heterocycles. The minimum atomic E-state index is -0.214. The number of benzene rings is 1. The highest BCUT2D eigenvalue weighted by atomic mass is 32.1. The summed E-state index contributed by atoms with van der Waals surface area (Å²) in [6, 6.07) is 7.88. The Balaban J connectivity index is 1.83. The van der Waals surface area contributed by atoms with E-state index in [1.807, 2.05) is 24.3 Å². The number of aromatic nitrogens is 1. The fourth-order valence-electron chi connectivity index (χ4n) is 1.41. The zero-order valence-electron chi connectivity index (χ0n) is 9.68. The van der Waals surface area contributed by atoms with E-state index in [2.05, 4.69) is 16.2 Å². The van der Waals surface area contributed by atoms with Crippen LogP contribution in [0, 0.1) is 12.3 Å². The topological polar surface area (TPSA) is 51.2 Å². The summed E-state index contributed by atoms with van der Waals surface area (Å²) < 4.78 is 6.39. The molecular weight excluding hydrogens is 248 g/mol. The first-order valence-corrected chi connectivity index (χ1v) is 6.23. The van der Waals surface area contributed by atoms with Crippen LogP contribution < -0.4 is 5.32 Å². The average molecular weight is 260 g/mol. The number of thiazole rings is 1. The van der Waals surface area contributed by atoms with E-state index in [0.29, 0.717) is 6.61 Å². The lowest BCUT2D eigenvalue weighted by molar-refractivity contribution is -0.125. The summed E-state index contributed by atoms with van der Waals surface area (Å²) in [5.41, 5.74) is 0.956. The summed E-state index contributed by atoms with van der Waals surface area (Å²) in [4.78, 5) is 15.6. The average Bonchev–Trinajstić information content (AvgIpc) is 2.79. The zero-order valence-corrected chi connectivity index (χ0v) is 10.5. The van der Waals surface area contributed by atoms with Crippen molar-refractivity contribution in [2.45, 2.75) is 6.61 Å². The van der Waals surface area contributed by atoms with Crippen LogP contribution in [0.15, 0.2) is 24.3 Å². The maximum absolute atomic E-state index is 11.2. The van der Waals surface area contributed by atoms with E-state index in [4.69, 9.17) is 11.2 Å². The number of hydrogen-bond donors (Lipinski definition) is 1. The smallest absolute Gasteiger partial charge is 0.246 e. The zero-order chi connectivity index (χ0) is 12.8. The van der Waals surface area contributed by atoms with Crippen LogP contribution in [0.2, 0.25) is 0 Å². The maximum Gasteiger partial charge on any atom is 0.246 e. The lowest BCUT2D eigenvalue weighted by atomic mass is 10.3. The van der Waals surface area contributed by atoms with E-state index < -0.39 is 0 Å². The molecule has 0 aliphatic carbocycles.